The van der Waals surface area contributed by atoms with Crippen molar-refractivity contribution in [1.82, 2.24) is 0 Å². The fourth-order valence-electron chi connectivity index (χ4n) is 12.1. The molecular formula is C60H62BN3. The summed E-state index contributed by atoms with van der Waals surface area (Å²) in [7, 11) is 0. The van der Waals surface area contributed by atoms with E-state index in [4.69, 9.17) is 0 Å². The number of rotatable bonds is 5. The Kier molecular flexibility index (Phi) is 9.08. The normalized spacial score (nSPS) is 19.5. The molecular weight excluding hydrogens is 773 g/mol. The Bertz CT molecular complexity index is 2910. The molecule has 3 heterocycles. The lowest BCUT2D eigenvalue weighted by molar-refractivity contribution is 0.195. The number of fused-ring (bicyclic) bond motifs is 7. The summed E-state index contributed by atoms with van der Waals surface area (Å²) in [4.78, 5) is 8.00. The number of anilines is 8. The number of benzene rings is 7. The summed E-state index contributed by atoms with van der Waals surface area (Å²) in [5, 5.41) is 0. The topological polar surface area (TPSA) is 9.72 Å². The van der Waals surface area contributed by atoms with Crippen LogP contribution in [0.25, 0.3) is 11.1 Å². The van der Waals surface area contributed by atoms with Crippen LogP contribution >= 0.6 is 0 Å². The molecule has 1 saturated carbocycles. The van der Waals surface area contributed by atoms with Crippen LogP contribution < -0.4 is 31.1 Å². The summed E-state index contributed by atoms with van der Waals surface area (Å²) in [6, 6.07) is 56.5. The van der Waals surface area contributed by atoms with Gasteiger partial charge in [-0.1, -0.05) is 146 Å². The lowest BCUT2D eigenvalue weighted by Crippen LogP contribution is -2.64. The van der Waals surface area contributed by atoms with Gasteiger partial charge >= 0.3 is 0 Å². The van der Waals surface area contributed by atoms with Gasteiger partial charge in [0.25, 0.3) is 6.71 Å². The second-order valence-electron chi connectivity index (χ2n) is 22.0. The van der Waals surface area contributed by atoms with Gasteiger partial charge in [0.1, 0.15) is 0 Å². The summed E-state index contributed by atoms with van der Waals surface area (Å²) < 4.78 is 0. The summed E-state index contributed by atoms with van der Waals surface area (Å²) >= 11 is 0. The molecule has 2 atom stereocenters. The van der Waals surface area contributed by atoms with Crippen LogP contribution in [-0.4, -0.2) is 12.3 Å². The van der Waals surface area contributed by atoms with Crippen LogP contribution in [-0.2, 0) is 16.2 Å². The van der Waals surface area contributed by atoms with E-state index < -0.39 is 0 Å². The van der Waals surface area contributed by atoms with E-state index in [0.29, 0.717) is 0 Å². The van der Waals surface area contributed by atoms with E-state index in [1.54, 1.807) is 0 Å². The first-order valence-electron chi connectivity index (χ1n) is 23.8. The number of hydrogen-bond donors (Lipinski definition) is 0. The molecule has 0 saturated heterocycles. The molecule has 1 fully saturated rings. The average Bonchev–Trinajstić information content (AvgIpc) is 3.48. The third-order valence-electron chi connectivity index (χ3n) is 15.8. The van der Waals surface area contributed by atoms with Crippen molar-refractivity contribution in [3.05, 3.63) is 173 Å². The molecule has 0 aromatic heterocycles. The minimum Gasteiger partial charge on any atom is -0.335 e. The second-order valence-corrected chi connectivity index (χ2v) is 22.0. The Morgan fingerprint density at radius 3 is 1.80 bits per heavy atom. The maximum Gasteiger partial charge on any atom is 0.252 e. The maximum absolute atomic E-state index is 2.88. The minimum atomic E-state index is -0.121. The minimum absolute atomic E-state index is 0.0336. The first-order valence-corrected chi connectivity index (χ1v) is 23.8. The maximum atomic E-state index is 2.88. The Balaban J connectivity index is 1.26. The van der Waals surface area contributed by atoms with Gasteiger partial charge in [-0.3, -0.25) is 0 Å². The molecule has 1 aliphatic carbocycles. The van der Waals surface area contributed by atoms with E-state index >= 15 is 0 Å². The molecule has 7 aromatic carbocycles. The quantitative estimate of drug-likeness (QED) is 0.160. The highest BCUT2D eigenvalue weighted by Crippen LogP contribution is 2.62. The Hall–Kier alpha value is -6.00. The van der Waals surface area contributed by atoms with Gasteiger partial charge in [-0.15, -0.1) is 0 Å². The van der Waals surface area contributed by atoms with Crippen molar-refractivity contribution in [1.29, 1.82) is 0 Å². The summed E-state index contributed by atoms with van der Waals surface area (Å²) in [5.41, 5.74) is 23.5. The Morgan fingerprint density at radius 2 is 1.16 bits per heavy atom. The highest BCUT2D eigenvalue weighted by Gasteiger charge is 2.61. The second kappa shape index (κ2) is 14.3. The smallest absolute Gasteiger partial charge is 0.252 e. The first-order chi connectivity index (χ1) is 30.5. The van der Waals surface area contributed by atoms with Crippen LogP contribution in [0.4, 0.5) is 45.5 Å². The van der Waals surface area contributed by atoms with Gasteiger partial charge in [0.05, 0.1) is 11.2 Å². The summed E-state index contributed by atoms with van der Waals surface area (Å²) in [6.07, 6.45) is 4.80. The number of hydrogen-bond acceptors (Lipinski definition) is 3. The van der Waals surface area contributed by atoms with Gasteiger partial charge in [0.15, 0.2) is 0 Å². The van der Waals surface area contributed by atoms with Crippen LogP contribution in [0.1, 0.15) is 109 Å². The van der Waals surface area contributed by atoms with Crippen molar-refractivity contribution in [2.45, 2.75) is 117 Å². The van der Waals surface area contributed by atoms with Crippen LogP contribution in [0.2, 0.25) is 0 Å². The molecule has 0 radical (unpaired) electrons. The zero-order valence-corrected chi connectivity index (χ0v) is 39.6. The molecule has 4 aliphatic rings. The van der Waals surface area contributed by atoms with E-state index in [-0.39, 0.29) is 28.5 Å². The summed E-state index contributed by atoms with van der Waals surface area (Å²) in [5.74, 6) is 0. The zero-order valence-electron chi connectivity index (χ0n) is 39.6. The Morgan fingerprint density at radius 1 is 0.531 bits per heavy atom. The third-order valence-corrected chi connectivity index (χ3v) is 15.8. The molecule has 64 heavy (non-hydrogen) atoms. The van der Waals surface area contributed by atoms with Gasteiger partial charge in [-0.25, -0.2) is 0 Å². The molecule has 7 aromatic rings. The van der Waals surface area contributed by atoms with E-state index in [0.717, 1.165) is 17.8 Å². The summed E-state index contributed by atoms with van der Waals surface area (Å²) in [6.45, 7) is 23.6. The van der Waals surface area contributed by atoms with Crippen molar-refractivity contribution >= 4 is 68.6 Å². The first kappa shape index (κ1) is 40.8. The highest BCUT2D eigenvalue weighted by molar-refractivity contribution is 7.00. The fraction of sp³-hybridized carbons (Fsp3) is 0.300. The highest BCUT2D eigenvalue weighted by atomic mass is 15.3. The van der Waals surface area contributed by atoms with Crippen LogP contribution in [0.5, 0.6) is 0 Å². The van der Waals surface area contributed by atoms with E-state index in [9.17, 15) is 0 Å². The van der Waals surface area contributed by atoms with Crippen LogP contribution in [0.15, 0.2) is 146 Å². The molecule has 0 bridgehead atoms. The number of aryl methyl sites for hydroxylation is 2. The van der Waals surface area contributed by atoms with Gasteiger partial charge in [0.2, 0.25) is 0 Å². The van der Waals surface area contributed by atoms with Crippen molar-refractivity contribution in [3.8, 4) is 11.1 Å². The number of nitrogens with zero attached hydrogens (tertiary/aromatic N) is 3. The van der Waals surface area contributed by atoms with E-state index in [1.165, 1.54) is 109 Å². The van der Waals surface area contributed by atoms with Crippen LogP contribution in [0.3, 0.4) is 0 Å². The van der Waals surface area contributed by atoms with Gasteiger partial charge < -0.3 is 14.7 Å². The van der Waals surface area contributed by atoms with Crippen LogP contribution in [0, 0.1) is 13.8 Å². The monoisotopic (exact) mass is 836 g/mol. The Labute approximate surface area is 382 Å². The van der Waals surface area contributed by atoms with Gasteiger partial charge in [-0.2, -0.15) is 0 Å². The molecule has 0 spiro atoms. The predicted octanol–water partition coefficient (Wildman–Crippen LogP) is 14.4. The largest absolute Gasteiger partial charge is 0.335 e. The average molecular weight is 836 g/mol. The van der Waals surface area contributed by atoms with Gasteiger partial charge in [-0.05, 0) is 160 Å². The van der Waals surface area contributed by atoms with Gasteiger partial charge in [0, 0.05) is 45.2 Å². The fourth-order valence-corrected chi connectivity index (χ4v) is 12.1. The molecule has 2 unspecified atom stereocenters. The molecule has 3 nitrogen and oxygen atoms in total. The van der Waals surface area contributed by atoms with Crippen molar-refractivity contribution in [3.63, 3.8) is 0 Å². The van der Waals surface area contributed by atoms with Crippen molar-refractivity contribution in [2.75, 3.05) is 14.7 Å². The van der Waals surface area contributed by atoms with E-state index in [2.05, 4.69) is 230 Å². The molecule has 3 aliphatic heterocycles. The molecule has 11 rings (SSSR count). The molecule has 0 amide bonds. The SMILES string of the molecule is Cc1cccc(N2c3cc(C)ccc3B3c4cc(-c5ccccc5)cc5c4N(c4cc(N(c6ccc(C(C)(C)C)cc6)c6ccc(C(C)(C)C)cc6)cc2c43)C2(C)CCCCC52C)c1. The molecule has 4 heteroatoms. The van der Waals surface area contributed by atoms with Crippen molar-refractivity contribution in [2.24, 2.45) is 0 Å². The molecule has 0 N–H and O–H groups in total. The lowest BCUT2D eigenvalue weighted by Gasteiger charge is -2.53. The molecule has 320 valence electrons. The van der Waals surface area contributed by atoms with E-state index in [1.807, 2.05) is 0 Å². The predicted molar refractivity (Wildman–Crippen MR) is 276 cm³/mol. The third kappa shape index (κ3) is 6.08. The lowest BCUT2D eigenvalue weighted by atomic mass is 9.33. The van der Waals surface area contributed by atoms with Crippen molar-refractivity contribution < 1.29 is 0 Å². The standard InChI is InChI=1S/C60H62BN3/c1-39-17-16-20-47(33-39)63-52-34-40(2)21-30-50(52)61-51-36-42(41-18-12-11-13-19-41)35-49-56(51)64(60(10)32-15-14-31-59(49,60)9)54-38-48(37-53(63)55(54)61)62(45-26-22-43(23-27-45)57(3,4)5)46-28-24-44(25-29-46)58(6,7)8/h11-13,16-30,33-38H,14-15,31-32H2,1-10H3. The zero-order chi connectivity index (χ0) is 44.5.